The third-order valence-electron chi connectivity index (χ3n) is 3.73. The molecule has 2 N–H and O–H groups in total. The van der Waals surface area contributed by atoms with Gasteiger partial charge in [0.2, 0.25) is 10.0 Å². The Hall–Kier alpha value is -0.920. The maximum atomic E-state index is 12.2. The van der Waals surface area contributed by atoms with Crippen molar-refractivity contribution in [3.8, 4) is 0 Å². The molecular formula is C13H23N3O3S. The number of aryl methyl sites for hydroxylation is 2. The van der Waals surface area contributed by atoms with Crippen LogP contribution in [0.25, 0.3) is 0 Å². The molecule has 2 atom stereocenters. The Balaban J connectivity index is 2.00. The largest absolute Gasteiger partial charge is 0.361 e. The first kappa shape index (κ1) is 15.5. The lowest BCUT2D eigenvalue weighted by Crippen LogP contribution is -2.38. The summed E-state index contributed by atoms with van der Waals surface area (Å²) >= 11 is 0. The quantitative estimate of drug-likeness (QED) is 0.855. The molecule has 0 bridgehead atoms. The minimum Gasteiger partial charge on any atom is -0.361 e. The Kier molecular flexibility index (Phi) is 4.82. The minimum absolute atomic E-state index is 0.174. The van der Waals surface area contributed by atoms with E-state index in [0.717, 1.165) is 37.2 Å². The smallest absolute Gasteiger partial charge is 0.212 e. The van der Waals surface area contributed by atoms with Crippen molar-refractivity contribution >= 4 is 10.0 Å². The van der Waals surface area contributed by atoms with Crippen molar-refractivity contribution in [1.82, 2.24) is 15.2 Å². The van der Waals surface area contributed by atoms with Crippen molar-refractivity contribution in [3.05, 3.63) is 17.0 Å². The van der Waals surface area contributed by atoms with Crippen LogP contribution in [0.3, 0.4) is 0 Å². The molecule has 114 valence electrons. The van der Waals surface area contributed by atoms with E-state index in [0.29, 0.717) is 5.76 Å². The molecule has 1 aromatic rings. The van der Waals surface area contributed by atoms with Crippen LogP contribution in [-0.4, -0.2) is 32.4 Å². The number of hydrogen-bond acceptors (Lipinski definition) is 5. The second kappa shape index (κ2) is 6.24. The van der Waals surface area contributed by atoms with Crippen LogP contribution in [-0.2, 0) is 10.0 Å². The fourth-order valence-corrected chi connectivity index (χ4v) is 4.52. The summed E-state index contributed by atoms with van der Waals surface area (Å²) in [6.45, 7) is 7.20. The van der Waals surface area contributed by atoms with Crippen molar-refractivity contribution in [2.24, 2.45) is 5.92 Å². The maximum absolute atomic E-state index is 12.2. The second-order valence-electron chi connectivity index (χ2n) is 5.57. The summed E-state index contributed by atoms with van der Waals surface area (Å²) in [5.74, 6) is 1.03. The van der Waals surface area contributed by atoms with Gasteiger partial charge in [0.05, 0.1) is 11.4 Å². The highest BCUT2D eigenvalue weighted by atomic mass is 32.2. The van der Waals surface area contributed by atoms with E-state index >= 15 is 0 Å². The molecule has 1 aromatic heterocycles. The van der Waals surface area contributed by atoms with Crippen molar-refractivity contribution in [3.63, 3.8) is 0 Å². The minimum atomic E-state index is -3.30. The lowest BCUT2D eigenvalue weighted by atomic mass is 10.0. The highest BCUT2D eigenvalue weighted by molar-refractivity contribution is 7.89. The molecule has 2 unspecified atom stereocenters. The predicted octanol–water partition coefficient (Wildman–Crippen LogP) is 1.27. The lowest BCUT2D eigenvalue weighted by molar-refractivity contribution is 0.391. The summed E-state index contributed by atoms with van der Waals surface area (Å²) in [5, 5.41) is 7.10. The van der Waals surface area contributed by atoms with Gasteiger partial charge in [-0.1, -0.05) is 5.16 Å². The Bertz CT molecular complexity index is 528. The molecule has 0 spiro atoms. The second-order valence-corrected chi connectivity index (χ2v) is 7.37. The molecule has 1 aliphatic heterocycles. The Morgan fingerprint density at radius 1 is 1.50 bits per heavy atom. The Labute approximate surface area is 120 Å². The van der Waals surface area contributed by atoms with Gasteiger partial charge in [0.1, 0.15) is 5.76 Å². The third kappa shape index (κ3) is 3.80. The van der Waals surface area contributed by atoms with Gasteiger partial charge >= 0.3 is 0 Å². The molecule has 1 fully saturated rings. The molecule has 7 heteroatoms. The lowest BCUT2D eigenvalue weighted by Gasteiger charge is -2.23. The summed E-state index contributed by atoms with van der Waals surface area (Å²) in [4.78, 5) is 0. The van der Waals surface area contributed by atoms with Gasteiger partial charge in [-0.15, -0.1) is 0 Å². The number of sulfonamides is 1. The van der Waals surface area contributed by atoms with E-state index in [4.69, 9.17) is 4.52 Å². The maximum Gasteiger partial charge on any atom is 0.212 e. The summed E-state index contributed by atoms with van der Waals surface area (Å²) in [7, 11) is -3.30. The number of aromatic nitrogens is 1. The van der Waals surface area contributed by atoms with Crippen LogP contribution in [0.15, 0.2) is 4.52 Å². The van der Waals surface area contributed by atoms with Crippen LogP contribution < -0.4 is 10.0 Å². The van der Waals surface area contributed by atoms with Crippen LogP contribution in [0.1, 0.15) is 42.8 Å². The highest BCUT2D eigenvalue weighted by Gasteiger charge is 2.25. The SMILES string of the molecule is Cc1noc(C)c1C(C)NS(=O)(=O)CC1CCCNC1. The molecule has 1 aliphatic rings. The number of piperidine rings is 1. The van der Waals surface area contributed by atoms with Crippen LogP contribution >= 0.6 is 0 Å². The molecular weight excluding hydrogens is 278 g/mol. The Morgan fingerprint density at radius 2 is 2.25 bits per heavy atom. The molecule has 0 aromatic carbocycles. The van der Waals surface area contributed by atoms with Gasteiger partial charge in [-0.3, -0.25) is 0 Å². The first-order valence-electron chi connectivity index (χ1n) is 7.02. The molecule has 0 aliphatic carbocycles. The zero-order chi connectivity index (χ0) is 14.8. The first-order chi connectivity index (χ1) is 9.39. The van der Waals surface area contributed by atoms with E-state index in [-0.39, 0.29) is 17.7 Å². The summed E-state index contributed by atoms with van der Waals surface area (Å²) in [5.41, 5.74) is 1.56. The van der Waals surface area contributed by atoms with E-state index in [1.807, 2.05) is 13.8 Å². The average Bonchev–Trinajstić information content (AvgIpc) is 2.69. The van der Waals surface area contributed by atoms with Gasteiger partial charge in [0, 0.05) is 11.6 Å². The highest BCUT2D eigenvalue weighted by Crippen LogP contribution is 2.22. The third-order valence-corrected chi connectivity index (χ3v) is 5.35. The van der Waals surface area contributed by atoms with Crippen LogP contribution in [0.5, 0.6) is 0 Å². The fraction of sp³-hybridized carbons (Fsp3) is 0.769. The molecule has 1 saturated heterocycles. The van der Waals surface area contributed by atoms with E-state index in [2.05, 4.69) is 15.2 Å². The normalized spacial score (nSPS) is 21.9. The zero-order valence-electron chi connectivity index (χ0n) is 12.3. The van der Waals surface area contributed by atoms with Crippen molar-refractivity contribution in [1.29, 1.82) is 0 Å². The average molecular weight is 301 g/mol. The number of nitrogens with zero attached hydrogens (tertiary/aromatic N) is 1. The topological polar surface area (TPSA) is 84.2 Å². The van der Waals surface area contributed by atoms with Gasteiger partial charge in [-0.25, -0.2) is 13.1 Å². The summed E-state index contributed by atoms with van der Waals surface area (Å²) in [6, 6.07) is -0.317. The van der Waals surface area contributed by atoms with Crippen molar-refractivity contribution < 1.29 is 12.9 Å². The van der Waals surface area contributed by atoms with Crippen LogP contribution in [0, 0.1) is 19.8 Å². The molecule has 2 heterocycles. The van der Waals surface area contributed by atoms with Gasteiger partial charge in [-0.05, 0) is 52.6 Å². The molecule has 2 rings (SSSR count). The zero-order valence-corrected chi connectivity index (χ0v) is 13.1. The van der Waals surface area contributed by atoms with Crippen molar-refractivity contribution in [2.75, 3.05) is 18.8 Å². The van der Waals surface area contributed by atoms with Gasteiger partial charge in [0.15, 0.2) is 0 Å². The van der Waals surface area contributed by atoms with Gasteiger partial charge in [-0.2, -0.15) is 0 Å². The summed E-state index contributed by atoms with van der Waals surface area (Å²) < 4.78 is 32.3. The van der Waals surface area contributed by atoms with E-state index in [1.54, 1.807) is 6.92 Å². The Morgan fingerprint density at radius 3 is 2.80 bits per heavy atom. The molecule has 6 nitrogen and oxygen atoms in total. The molecule has 20 heavy (non-hydrogen) atoms. The van der Waals surface area contributed by atoms with E-state index in [1.165, 1.54) is 0 Å². The monoisotopic (exact) mass is 301 g/mol. The van der Waals surface area contributed by atoms with E-state index in [9.17, 15) is 8.42 Å². The predicted molar refractivity (Wildman–Crippen MR) is 76.9 cm³/mol. The molecule has 0 amide bonds. The van der Waals surface area contributed by atoms with Crippen molar-refractivity contribution in [2.45, 2.75) is 39.7 Å². The molecule has 0 saturated carbocycles. The van der Waals surface area contributed by atoms with Gasteiger partial charge < -0.3 is 9.84 Å². The van der Waals surface area contributed by atoms with E-state index < -0.39 is 10.0 Å². The van der Waals surface area contributed by atoms with Crippen LogP contribution in [0.2, 0.25) is 0 Å². The molecule has 0 radical (unpaired) electrons. The fourth-order valence-electron chi connectivity index (χ4n) is 2.86. The van der Waals surface area contributed by atoms with Crippen LogP contribution in [0.4, 0.5) is 0 Å². The number of rotatable bonds is 5. The number of hydrogen-bond donors (Lipinski definition) is 2. The standard InChI is InChI=1S/C13H23N3O3S/c1-9-13(11(3)19-15-9)10(2)16-20(17,18)8-12-5-4-6-14-7-12/h10,12,14,16H,4-8H2,1-3H3. The van der Waals surface area contributed by atoms with Gasteiger partial charge in [0.25, 0.3) is 0 Å². The number of nitrogens with one attached hydrogen (secondary N) is 2. The first-order valence-corrected chi connectivity index (χ1v) is 8.68. The summed E-state index contributed by atoms with van der Waals surface area (Å²) in [6.07, 6.45) is 2.01.